The minimum Gasteiger partial charge on any atom is -0.411 e. The van der Waals surface area contributed by atoms with E-state index in [1.807, 2.05) is 6.07 Å². The van der Waals surface area contributed by atoms with Gasteiger partial charge < -0.3 is 15.1 Å². The van der Waals surface area contributed by atoms with Crippen LogP contribution in [0.25, 0.3) is 0 Å². The molecule has 8 nitrogen and oxygen atoms in total. The van der Waals surface area contributed by atoms with Crippen molar-refractivity contribution in [3.8, 4) is 6.07 Å². The quantitative estimate of drug-likeness (QED) is 0.747. The van der Waals surface area contributed by atoms with Gasteiger partial charge in [-0.3, -0.25) is 9.59 Å². The molecule has 1 aromatic heterocycles. The number of hydrogen-bond donors (Lipinski definition) is 1. The molecule has 2 aliphatic rings. The number of nitriles is 1. The second-order valence-electron chi connectivity index (χ2n) is 8.76. The van der Waals surface area contributed by atoms with Gasteiger partial charge in [0.2, 0.25) is 5.95 Å². The number of carbonyl (C=O) groups excluding carboxylic acids is 1. The molecule has 2 aromatic rings. The molecule has 1 amide bonds. The summed E-state index contributed by atoms with van der Waals surface area (Å²) in [5.74, 6) is -0.391. The van der Waals surface area contributed by atoms with E-state index in [9.17, 15) is 14.0 Å². The number of halogens is 1. The van der Waals surface area contributed by atoms with E-state index in [2.05, 4.69) is 17.2 Å². The third-order valence-corrected chi connectivity index (χ3v) is 6.70. The number of fused-ring (bicyclic) bond motifs is 1. The molecule has 9 heteroatoms. The molecule has 33 heavy (non-hydrogen) atoms. The molecule has 0 saturated heterocycles. The van der Waals surface area contributed by atoms with Crippen LogP contribution in [0.5, 0.6) is 0 Å². The maximum atomic E-state index is 14.4. The molecule has 0 unspecified atom stereocenters. The molecule has 0 bridgehead atoms. The van der Waals surface area contributed by atoms with Crippen LogP contribution in [0.1, 0.15) is 66.2 Å². The van der Waals surface area contributed by atoms with E-state index in [0.29, 0.717) is 36.1 Å². The van der Waals surface area contributed by atoms with Crippen molar-refractivity contribution in [2.45, 2.75) is 58.0 Å². The third kappa shape index (κ3) is 4.56. The first-order valence-corrected chi connectivity index (χ1v) is 11.4. The topological polar surface area (TPSA) is 100 Å². The molecule has 1 atom stereocenters. The van der Waals surface area contributed by atoms with Crippen LogP contribution < -0.4 is 15.7 Å². The molecule has 1 aliphatic carbocycles. The first-order chi connectivity index (χ1) is 15.9. The molecule has 1 aromatic carbocycles. The summed E-state index contributed by atoms with van der Waals surface area (Å²) in [6.45, 7) is 2.43. The fourth-order valence-electron chi connectivity index (χ4n) is 4.78. The zero-order valence-electron chi connectivity index (χ0n) is 18.9. The van der Waals surface area contributed by atoms with Gasteiger partial charge in [0.05, 0.1) is 35.0 Å². The standard InChI is InChI=1S/C24H28FN5O3/c1-15(17-6-4-3-5-7-17)27-24-28-21-10-11-29(14-19(21)23(32)30(24)33-2)22(31)18-9-8-16(13-26)12-20(18)25/h8-9,12,15,17H,3-7,10-11,14H2,1-2H3,(H,27,28)/t15-/m0/s1. The Kier molecular flexibility index (Phi) is 6.63. The smallest absolute Gasteiger partial charge is 0.293 e. The Morgan fingerprint density at radius 2 is 2.09 bits per heavy atom. The number of anilines is 1. The SMILES string of the molecule is COn1c(N[C@@H](C)C2CCCCC2)nc2c(c1=O)CN(C(=O)c1ccc(C#N)cc1F)CC2. The zero-order chi connectivity index (χ0) is 23.5. The van der Waals surface area contributed by atoms with Gasteiger partial charge in [0.25, 0.3) is 11.5 Å². The Hall–Kier alpha value is -3.41. The van der Waals surface area contributed by atoms with E-state index in [-0.39, 0.29) is 29.3 Å². The van der Waals surface area contributed by atoms with Crippen molar-refractivity contribution in [3.63, 3.8) is 0 Å². The predicted molar refractivity (Wildman–Crippen MR) is 120 cm³/mol. The molecule has 4 rings (SSSR count). The summed E-state index contributed by atoms with van der Waals surface area (Å²) >= 11 is 0. The molecule has 174 valence electrons. The van der Waals surface area contributed by atoms with Crippen LogP contribution in [0.3, 0.4) is 0 Å². The summed E-state index contributed by atoms with van der Waals surface area (Å²) in [5.41, 5.74) is 0.621. The number of benzene rings is 1. The third-order valence-electron chi connectivity index (χ3n) is 6.70. The molecule has 0 spiro atoms. The van der Waals surface area contributed by atoms with Gasteiger partial charge in [-0.1, -0.05) is 19.3 Å². The minimum absolute atomic E-state index is 0.0151. The van der Waals surface area contributed by atoms with Crippen LogP contribution >= 0.6 is 0 Å². The predicted octanol–water partition coefficient (Wildman–Crippen LogP) is 2.89. The first-order valence-electron chi connectivity index (χ1n) is 11.4. The van der Waals surface area contributed by atoms with Crippen molar-refractivity contribution < 1.29 is 14.0 Å². The van der Waals surface area contributed by atoms with E-state index in [4.69, 9.17) is 10.1 Å². The summed E-state index contributed by atoms with van der Waals surface area (Å²) in [6, 6.07) is 5.74. The number of rotatable bonds is 5. The van der Waals surface area contributed by atoms with Crippen molar-refractivity contribution in [2.75, 3.05) is 19.0 Å². The lowest BCUT2D eigenvalue weighted by Gasteiger charge is -2.31. The fraction of sp³-hybridized carbons (Fsp3) is 0.500. The highest BCUT2D eigenvalue weighted by Gasteiger charge is 2.29. The maximum Gasteiger partial charge on any atom is 0.293 e. The highest BCUT2D eigenvalue weighted by atomic mass is 19.1. The van der Waals surface area contributed by atoms with Gasteiger partial charge in [-0.15, -0.1) is 4.73 Å². The van der Waals surface area contributed by atoms with Gasteiger partial charge in [0, 0.05) is 19.0 Å². The number of nitrogens with zero attached hydrogens (tertiary/aromatic N) is 4. The highest BCUT2D eigenvalue weighted by Crippen LogP contribution is 2.28. The molecule has 1 N–H and O–H groups in total. The Labute approximate surface area is 191 Å². The summed E-state index contributed by atoms with van der Waals surface area (Å²) in [4.78, 5) is 37.5. The summed E-state index contributed by atoms with van der Waals surface area (Å²) < 4.78 is 15.5. The van der Waals surface area contributed by atoms with Crippen molar-refractivity contribution in [1.29, 1.82) is 5.26 Å². The zero-order valence-corrected chi connectivity index (χ0v) is 18.9. The van der Waals surface area contributed by atoms with Gasteiger partial charge in [-0.25, -0.2) is 9.37 Å². The lowest BCUT2D eigenvalue weighted by atomic mass is 9.85. The Bertz CT molecular complexity index is 1150. The van der Waals surface area contributed by atoms with Crippen LogP contribution in [0.4, 0.5) is 10.3 Å². The Morgan fingerprint density at radius 1 is 1.33 bits per heavy atom. The highest BCUT2D eigenvalue weighted by molar-refractivity contribution is 5.94. The molecular weight excluding hydrogens is 425 g/mol. The molecule has 0 radical (unpaired) electrons. The van der Waals surface area contributed by atoms with Crippen LogP contribution in [0.2, 0.25) is 0 Å². The molecule has 1 fully saturated rings. The second-order valence-corrected chi connectivity index (χ2v) is 8.76. The second kappa shape index (κ2) is 9.61. The number of carbonyl (C=O) groups is 1. The molecule has 1 saturated carbocycles. The minimum atomic E-state index is -0.756. The Balaban J connectivity index is 1.57. The number of nitrogens with one attached hydrogen (secondary N) is 1. The molecule has 2 heterocycles. The summed E-state index contributed by atoms with van der Waals surface area (Å²) in [6.07, 6.45) is 6.39. The van der Waals surface area contributed by atoms with Gasteiger partial charge in [0.1, 0.15) is 12.9 Å². The monoisotopic (exact) mass is 453 g/mol. The van der Waals surface area contributed by atoms with Crippen LogP contribution in [0.15, 0.2) is 23.0 Å². The number of amides is 1. The van der Waals surface area contributed by atoms with E-state index in [1.165, 1.54) is 43.4 Å². The summed E-state index contributed by atoms with van der Waals surface area (Å²) in [5, 5.41) is 12.3. The van der Waals surface area contributed by atoms with Gasteiger partial charge in [-0.2, -0.15) is 5.26 Å². The lowest BCUT2D eigenvalue weighted by Crippen LogP contribution is -2.43. The molecular formula is C24H28FN5O3. The number of hydrogen-bond acceptors (Lipinski definition) is 6. The first kappa shape index (κ1) is 22.8. The Morgan fingerprint density at radius 3 is 2.76 bits per heavy atom. The lowest BCUT2D eigenvalue weighted by molar-refractivity contribution is 0.0723. The van der Waals surface area contributed by atoms with Gasteiger partial charge >= 0.3 is 0 Å². The average Bonchev–Trinajstić information content (AvgIpc) is 2.84. The maximum absolute atomic E-state index is 14.4. The van der Waals surface area contributed by atoms with Crippen molar-refractivity contribution in [1.82, 2.24) is 14.6 Å². The average molecular weight is 454 g/mol. The number of aromatic nitrogens is 2. The van der Waals surface area contributed by atoms with Crippen LogP contribution in [-0.2, 0) is 13.0 Å². The van der Waals surface area contributed by atoms with Crippen LogP contribution in [0, 0.1) is 23.1 Å². The summed E-state index contributed by atoms with van der Waals surface area (Å²) in [7, 11) is 1.41. The molecule has 1 aliphatic heterocycles. The van der Waals surface area contributed by atoms with Gasteiger partial charge in [-0.05, 0) is 43.9 Å². The normalized spacial score (nSPS) is 17.1. The van der Waals surface area contributed by atoms with Crippen molar-refractivity contribution in [3.05, 3.63) is 56.8 Å². The fourth-order valence-corrected chi connectivity index (χ4v) is 4.78. The largest absolute Gasteiger partial charge is 0.411 e. The van der Waals surface area contributed by atoms with E-state index in [0.717, 1.165) is 23.6 Å². The van der Waals surface area contributed by atoms with E-state index < -0.39 is 11.7 Å². The van der Waals surface area contributed by atoms with Gasteiger partial charge in [0.15, 0.2) is 0 Å². The van der Waals surface area contributed by atoms with Crippen molar-refractivity contribution >= 4 is 11.9 Å². The van der Waals surface area contributed by atoms with E-state index in [1.54, 1.807) is 0 Å². The van der Waals surface area contributed by atoms with E-state index >= 15 is 0 Å². The van der Waals surface area contributed by atoms with Crippen molar-refractivity contribution in [2.24, 2.45) is 5.92 Å². The van der Waals surface area contributed by atoms with Crippen LogP contribution in [-0.4, -0.2) is 40.2 Å².